The van der Waals surface area contributed by atoms with Crippen LogP contribution in [0.15, 0.2) is 36.4 Å². The van der Waals surface area contributed by atoms with Crippen molar-refractivity contribution in [2.45, 2.75) is 132 Å². The van der Waals surface area contributed by atoms with E-state index in [0.29, 0.717) is 35.0 Å². The number of benzene rings is 2. The quantitative estimate of drug-likeness (QED) is 0.241. The summed E-state index contributed by atoms with van der Waals surface area (Å²) < 4.78 is 0. The SMILES string of the molecule is CCCCC1(C(c2ccc(CC(C)C)cc2CC(C)C)c2ccc(CC(C)C)cc2CC(C)C)CCC1. The van der Waals surface area contributed by atoms with Crippen LogP contribution in [0, 0.1) is 29.1 Å². The Bertz CT molecular complexity index is 902. The number of unbranched alkanes of at least 4 members (excludes halogenated alkanes) is 1. The van der Waals surface area contributed by atoms with Crippen molar-refractivity contribution in [2.75, 3.05) is 0 Å². The zero-order chi connectivity index (χ0) is 27.2. The van der Waals surface area contributed by atoms with E-state index in [1.54, 1.807) is 22.3 Å². The maximum Gasteiger partial charge on any atom is 0.0151 e. The minimum atomic E-state index is 0.423. The van der Waals surface area contributed by atoms with E-state index >= 15 is 0 Å². The standard InChI is InChI=1S/C37H58/c1-10-11-17-37(18-12-19-37)36(34-15-13-30(20-26(2)3)24-32(34)22-28(6)7)35-16-14-31(21-27(4)5)25-33(35)23-29(8)9/h13-16,24-29,36H,10-12,17-23H2,1-9H3. The summed E-state index contributed by atoms with van der Waals surface area (Å²) in [5.41, 5.74) is 10.0. The molecule has 0 unspecified atom stereocenters. The van der Waals surface area contributed by atoms with Crippen molar-refractivity contribution in [2.24, 2.45) is 29.1 Å². The van der Waals surface area contributed by atoms with Gasteiger partial charge in [-0.2, -0.15) is 0 Å². The predicted molar refractivity (Wildman–Crippen MR) is 165 cm³/mol. The zero-order valence-corrected chi connectivity index (χ0v) is 25.9. The van der Waals surface area contributed by atoms with Crippen LogP contribution in [0.1, 0.15) is 140 Å². The minimum Gasteiger partial charge on any atom is -0.0654 e. The van der Waals surface area contributed by atoms with Crippen molar-refractivity contribution in [1.29, 1.82) is 0 Å². The van der Waals surface area contributed by atoms with E-state index in [2.05, 4.69) is 98.7 Å². The molecule has 0 atom stereocenters. The van der Waals surface area contributed by atoms with E-state index in [9.17, 15) is 0 Å². The molecule has 0 spiro atoms. The highest BCUT2D eigenvalue weighted by atomic mass is 14.5. The van der Waals surface area contributed by atoms with Crippen molar-refractivity contribution >= 4 is 0 Å². The minimum absolute atomic E-state index is 0.423. The maximum absolute atomic E-state index is 2.60. The van der Waals surface area contributed by atoms with E-state index in [1.807, 2.05) is 0 Å². The average Bonchev–Trinajstić information content (AvgIpc) is 2.75. The van der Waals surface area contributed by atoms with Gasteiger partial charge in [-0.05, 0) is 107 Å². The summed E-state index contributed by atoms with van der Waals surface area (Å²) >= 11 is 0. The Hall–Kier alpha value is -1.56. The van der Waals surface area contributed by atoms with Crippen LogP contribution < -0.4 is 0 Å². The zero-order valence-electron chi connectivity index (χ0n) is 25.9. The molecule has 0 amide bonds. The van der Waals surface area contributed by atoms with Crippen molar-refractivity contribution < 1.29 is 0 Å². The monoisotopic (exact) mass is 502 g/mol. The molecule has 0 aromatic heterocycles. The molecular weight excluding hydrogens is 444 g/mol. The second kappa shape index (κ2) is 13.5. The molecule has 1 aliphatic rings. The second-order valence-electron chi connectivity index (χ2n) is 14.2. The van der Waals surface area contributed by atoms with E-state index in [4.69, 9.17) is 0 Å². The highest BCUT2D eigenvalue weighted by Gasteiger charge is 2.46. The summed E-state index contributed by atoms with van der Waals surface area (Å²) in [4.78, 5) is 0. The van der Waals surface area contributed by atoms with Gasteiger partial charge in [-0.25, -0.2) is 0 Å². The Morgan fingerprint density at radius 3 is 1.38 bits per heavy atom. The van der Waals surface area contributed by atoms with Crippen LogP contribution in [0.4, 0.5) is 0 Å². The molecule has 2 aromatic carbocycles. The Balaban J connectivity index is 2.23. The number of hydrogen-bond acceptors (Lipinski definition) is 0. The third-order valence-corrected chi connectivity index (χ3v) is 8.57. The van der Waals surface area contributed by atoms with Crippen molar-refractivity contribution in [3.63, 3.8) is 0 Å². The second-order valence-corrected chi connectivity index (χ2v) is 14.2. The molecule has 0 N–H and O–H groups in total. The fourth-order valence-corrected chi connectivity index (χ4v) is 6.98. The van der Waals surface area contributed by atoms with E-state index < -0.39 is 0 Å². The summed E-state index contributed by atoms with van der Waals surface area (Å²) in [6.45, 7) is 21.4. The third kappa shape index (κ3) is 7.97. The molecule has 1 saturated carbocycles. The van der Waals surface area contributed by atoms with Crippen molar-refractivity contribution in [3.05, 3.63) is 69.8 Å². The Morgan fingerprint density at radius 2 is 1.05 bits per heavy atom. The molecular formula is C37H58. The van der Waals surface area contributed by atoms with Gasteiger partial charge < -0.3 is 0 Å². The number of rotatable bonds is 14. The van der Waals surface area contributed by atoms with Crippen LogP contribution in [-0.4, -0.2) is 0 Å². The maximum atomic E-state index is 2.60. The molecule has 1 aliphatic carbocycles. The molecule has 0 nitrogen and oxygen atoms in total. The van der Waals surface area contributed by atoms with Gasteiger partial charge >= 0.3 is 0 Å². The van der Waals surface area contributed by atoms with E-state index in [-0.39, 0.29) is 0 Å². The fourth-order valence-electron chi connectivity index (χ4n) is 6.98. The van der Waals surface area contributed by atoms with E-state index in [0.717, 1.165) is 0 Å². The summed E-state index contributed by atoms with van der Waals surface area (Å²) in [5.74, 6) is 3.26. The summed E-state index contributed by atoms with van der Waals surface area (Å²) in [7, 11) is 0. The lowest BCUT2D eigenvalue weighted by Crippen LogP contribution is -2.38. The molecule has 0 bridgehead atoms. The molecule has 0 radical (unpaired) electrons. The Kier molecular flexibility index (Phi) is 10.9. The molecule has 2 aromatic rings. The molecule has 1 fully saturated rings. The van der Waals surface area contributed by atoms with Crippen LogP contribution in [-0.2, 0) is 25.7 Å². The van der Waals surface area contributed by atoms with Crippen LogP contribution in [0.3, 0.4) is 0 Å². The van der Waals surface area contributed by atoms with Gasteiger partial charge in [-0.3, -0.25) is 0 Å². The number of hydrogen-bond donors (Lipinski definition) is 0. The van der Waals surface area contributed by atoms with Gasteiger partial charge in [0.1, 0.15) is 0 Å². The molecule has 0 saturated heterocycles. The molecule has 206 valence electrons. The lowest BCUT2D eigenvalue weighted by atomic mass is 9.54. The van der Waals surface area contributed by atoms with Gasteiger partial charge in [0.25, 0.3) is 0 Å². The molecule has 0 heterocycles. The molecule has 0 aliphatic heterocycles. The molecule has 37 heavy (non-hydrogen) atoms. The topological polar surface area (TPSA) is 0 Å². The Morgan fingerprint density at radius 1 is 0.622 bits per heavy atom. The first-order valence-electron chi connectivity index (χ1n) is 15.8. The first-order valence-corrected chi connectivity index (χ1v) is 15.8. The summed E-state index contributed by atoms with van der Waals surface area (Å²) in [6, 6.07) is 15.3. The van der Waals surface area contributed by atoms with Gasteiger partial charge in [0.2, 0.25) is 0 Å². The van der Waals surface area contributed by atoms with E-state index in [1.165, 1.54) is 75.3 Å². The lowest BCUT2D eigenvalue weighted by molar-refractivity contribution is 0.0914. The van der Waals surface area contributed by atoms with Crippen LogP contribution in [0.5, 0.6) is 0 Å². The van der Waals surface area contributed by atoms with Gasteiger partial charge in [-0.1, -0.05) is 118 Å². The highest BCUT2D eigenvalue weighted by molar-refractivity contribution is 5.47. The Labute approximate surface area is 231 Å². The van der Waals surface area contributed by atoms with Gasteiger partial charge in [-0.15, -0.1) is 0 Å². The summed E-state index contributed by atoms with van der Waals surface area (Å²) in [6.07, 6.45) is 12.9. The fraction of sp³-hybridized carbons (Fsp3) is 0.676. The lowest BCUT2D eigenvalue weighted by Gasteiger charge is -2.50. The van der Waals surface area contributed by atoms with Crippen molar-refractivity contribution in [1.82, 2.24) is 0 Å². The molecule has 0 heteroatoms. The highest BCUT2D eigenvalue weighted by Crippen LogP contribution is 2.58. The smallest absolute Gasteiger partial charge is 0.0151 e. The predicted octanol–water partition coefficient (Wildman–Crippen LogP) is 11.0. The molecule has 3 rings (SSSR count). The third-order valence-electron chi connectivity index (χ3n) is 8.57. The average molecular weight is 503 g/mol. The van der Waals surface area contributed by atoms with Gasteiger partial charge in [0.05, 0.1) is 0 Å². The first-order chi connectivity index (χ1) is 17.5. The van der Waals surface area contributed by atoms with Gasteiger partial charge in [0, 0.05) is 5.92 Å². The normalized spacial score (nSPS) is 15.4. The largest absolute Gasteiger partial charge is 0.0654 e. The van der Waals surface area contributed by atoms with Crippen molar-refractivity contribution in [3.8, 4) is 0 Å². The first kappa shape index (κ1) is 30.0. The van der Waals surface area contributed by atoms with Gasteiger partial charge in [0.15, 0.2) is 0 Å². The van der Waals surface area contributed by atoms with Crippen LogP contribution in [0.2, 0.25) is 0 Å². The summed E-state index contributed by atoms with van der Waals surface area (Å²) in [5, 5.41) is 0. The van der Waals surface area contributed by atoms with Crippen LogP contribution >= 0.6 is 0 Å². The van der Waals surface area contributed by atoms with Crippen LogP contribution in [0.25, 0.3) is 0 Å².